The summed E-state index contributed by atoms with van der Waals surface area (Å²) in [5.41, 5.74) is 0.150. The minimum atomic E-state index is -0.791. The van der Waals surface area contributed by atoms with E-state index >= 15 is 0 Å². The van der Waals surface area contributed by atoms with E-state index in [-0.39, 0.29) is 39.5 Å². The second-order valence-corrected chi connectivity index (χ2v) is 10.6. The number of fused-ring (bicyclic) bond motifs is 5. The van der Waals surface area contributed by atoms with E-state index in [1.165, 1.54) is 54.8 Å². The van der Waals surface area contributed by atoms with Crippen molar-refractivity contribution in [3.05, 3.63) is 99.9 Å². The maximum Gasteiger partial charge on any atom is 0.379 e. The number of Topliss-reactive ketones (excluding diaryl/α,β-unsaturated/α-hetero) is 1. The van der Waals surface area contributed by atoms with E-state index in [4.69, 9.17) is 32.4 Å². The zero-order valence-corrected chi connectivity index (χ0v) is 22.2. The highest BCUT2D eigenvalue weighted by molar-refractivity contribution is 6.36. The van der Waals surface area contributed by atoms with Gasteiger partial charge in [0, 0.05) is 10.6 Å². The number of imide groups is 1. The molecule has 4 atom stereocenters. The molecule has 2 bridgehead atoms. The van der Waals surface area contributed by atoms with Crippen LogP contribution in [0.2, 0.25) is 10.0 Å². The molecule has 40 heavy (non-hydrogen) atoms. The summed E-state index contributed by atoms with van der Waals surface area (Å²) in [5.74, 6) is -4.21. The van der Waals surface area contributed by atoms with E-state index in [1.807, 2.05) is 12.2 Å². The number of amides is 3. The molecular formula is C29H20Cl2N2O7. The molecule has 0 N–H and O–H groups in total. The maximum atomic E-state index is 13.7. The van der Waals surface area contributed by atoms with Gasteiger partial charge in [0.05, 0.1) is 28.7 Å². The number of carbonyl (C=O) groups is 5. The number of allylic oxidation sites excluding steroid dienone is 2. The normalized spacial score (nSPS) is 22.5. The number of furan rings is 1. The van der Waals surface area contributed by atoms with E-state index in [1.54, 1.807) is 6.07 Å². The van der Waals surface area contributed by atoms with Crippen molar-refractivity contribution in [3.8, 4) is 5.75 Å². The molecule has 3 aliphatic rings. The van der Waals surface area contributed by atoms with Gasteiger partial charge in [-0.1, -0.05) is 35.4 Å². The van der Waals surface area contributed by atoms with Crippen molar-refractivity contribution in [2.45, 2.75) is 6.42 Å². The number of ketones is 1. The number of nitrogens with zero attached hydrogens (tertiary/aromatic N) is 2. The largest absolute Gasteiger partial charge is 0.457 e. The van der Waals surface area contributed by atoms with E-state index < -0.39 is 47.9 Å². The molecule has 1 saturated carbocycles. The van der Waals surface area contributed by atoms with Gasteiger partial charge in [-0.2, -0.15) is 5.01 Å². The van der Waals surface area contributed by atoms with Crippen molar-refractivity contribution in [2.24, 2.45) is 23.7 Å². The standard InChI is InChI=1S/C29H20Cl2N2O7/c30-18-7-10-20(21(31)13-18)26(35)32(33-27(36)24-16-3-4-17(12-16)25(24)28(33)37)14-22(34)15-5-8-19(9-6-15)40-29(38)23-2-1-11-39-23/h1-11,13,16-17,24-25H,12,14H2/t16-,17-,24-,25+/m0/s1. The molecular weight excluding hydrogens is 559 g/mol. The summed E-state index contributed by atoms with van der Waals surface area (Å²) in [6, 6.07) is 12.9. The van der Waals surface area contributed by atoms with Crippen LogP contribution in [0.15, 0.2) is 77.4 Å². The fourth-order valence-corrected chi connectivity index (χ4v) is 6.14. The molecule has 2 aromatic carbocycles. The molecule has 9 nitrogen and oxygen atoms in total. The molecule has 0 spiro atoms. The van der Waals surface area contributed by atoms with Gasteiger partial charge >= 0.3 is 5.97 Å². The Morgan fingerprint density at radius 1 is 0.950 bits per heavy atom. The van der Waals surface area contributed by atoms with Crippen LogP contribution in [0.1, 0.15) is 37.7 Å². The predicted octanol–water partition coefficient (Wildman–Crippen LogP) is 4.85. The van der Waals surface area contributed by atoms with Gasteiger partial charge in [-0.3, -0.25) is 19.2 Å². The Labute approximate surface area is 237 Å². The highest BCUT2D eigenvalue weighted by atomic mass is 35.5. The van der Waals surface area contributed by atoms with Gasteiger partial charge < -0.3 is 9.15 Å². The van der Waals surface area contributed by atoms with E-state index in [0.29, 0.717) is 11.4 Å². The number of ether oxygens (including phenoxy) is 1. The quantitative estimate of drug-likeness (QED) is 0.129. The van der Waals surface area contributed by atoms with E-state index in [0.717, 1.165) is 10.0 Å². The highest BCUT2D eigenvalue weighted by Crippen LogP contribution is 2.52. The van der Waals surface area contributed by atoms with Crippen molar-refractivity contribution in [1.29, 1.82) is 0 Å². The van der Waals surface area contributed by atoms with E-state index in [9.17, 15) is 24.0 Å². The first-order valence-corrected chi connectivity index (χ1v) is 13.2. The number of carbonyl (C=O) groups excluding carboxylic acids is 5. The summed E-state index contributed by atoms with van der Waals surface area (Å²) in [6.07, 6.45) is 5.93. The molecule has 3 aromatic rings. The van der Waals surface area contributed by atoms with Gasteiger partial charge in [-0.25, -0.2) is 9.80 Å². The third-order valence-electron chi connectivity index (χ3n) is 7.49. The lowest BCUT2D eigenvalue weighted by Crippen LogP contribution is -2.52. The van der Waals surface area contributed by atoms with Crippen LogP contribution in [0.4, 0.5) is 0 Å². The maximum absolute atomic E-state index is 13.7. The molecule has 2 heterocycles. The molecule has 6 rings (SSSR count). The number of esters is 1. The number of hydrogen-bond acceptors (Lipinski definition) is 7. The molecule has 11 heteroatoms. The Bertz CT molecular complexity index is 1550. The Kier molecular flexibility index (Phi) is 6.56. The van der Waals surface area contributed by atoms with Gasteiger partial charge in [-0.15, -0.1) is 0 Å². The van der Waals surface area contributed by atoms with Crippen LogP contribution in [0.3, 0.4) is 0 Å². The number of halogens is 2. The van der Waals surface area contributed by atoms with Gasteiger partial charge in [0.2, 0.25) is 5.76 Å². The number of hydrazine groups is 1. The fraction of sp³-hybridized carbons (Fsp3) is 0.207. The van der Waals surface area contributed by atoms with Crippen LogP contribution in [-0.2, 0) is 9.59 Å². The van der Waals surface area contributed by atoms with Crippen LogP contribution in [0, 0.1) is 23.7 Å². The zero-order chi connectivity index (χ0) is 28.1. The van der Waals surface area contributed by atoms with Gasteiger partial charge in [0.1, 0.15) is 12.3 Å². The van der Waals surface area contributed by atoms with Crippen molar-refractivity contribution < 1.29 is 33.1 Å². The second-order valence-electron chi connectivity index (χ2n) is 9.79. The first-order valence-electron chi connectivity index (χ1n) is 12.4. The molecule has 1 aliphatic heterocycles. The summed E-state index contributed by atoms with van der Waals surface area (Å²) >= 11 is 12.3. The molecule has 2 fully saturated rings. The van der Waals surface area contributed by atoms with Crippen molar-refractivity contribution >= 4 is 52.7 Å². The minimum absolute atomic E-state index is 0.0127. The van der Waals surface area contributed by atoms with Crippen LogP contribution in [0.5, 0.6) is 5.75 Å². The Balaban J connectivity index is 1.27. The number of hydrogen-bond donors (Lipinski definition) is 0. The Hall–Kier alpha value is -4.21. The Morgan fingerprint density at radius 2 is 1.62 bits per heavy atom. The summed E-state index contributed by atoms with van der Waals surface area (Å²) < 4.78 is 10.2. The highest BCUT2D eigenvalue weighted by Gasteiger charge is 2.61. The van der Waals surface area contributed by atoms with Crippen LogP contribution < -0.4 is 4.74 Å². The predicted molar refractivity (Wildman–Crippen MR) is 142 cm³/mol. The fourth-order valence-electron chi connectivity index (χ4n) is 5.65. The minimum Gasteiger partial charge on any atom is -0.457 e. The SMILES string of the molecule is O=C(CN(C(=O)c1ccc(Cl)cc1Cl)N1C(=O)[C@@H]2[C@H](C1=O)[C@H]1C=C[C@H]2C1)c1ccc(OC(=O)c2ccco2)cc1. The molecule has 202 valence electrons. The smallest absolute Gasteiger partial charge is 0.379 e. The second kappa shape index (κ2) is 10.1. The summed E-state index contributed by atoms with van der Waals surface area (Å²) in [7, 11) is 0. The van der Waals surface area contributed by atoms with Crippen molar-refractivity contribution in [1.82, 2.24) is 10.0 Å². The third-order valence-corrected chi connectivity index (χ3v) is 8.03. The first-order chi connectivity index (χ1) is 19.2. The third kappa shape index (κ3) is 4.41. The first kappa shape index (κ1) is 26.0. The lowest BCUT2D eigenvalue weighted by molar-refractivity contribution is -0.154. The topological polar surface area (TPSA) is 114 Å². The van der Waals surface area contributed by atoms with Crippen molar-refractivity contribution in [3.63, 3.8) is 0 Å². The lowest BCUT2D eigenvalue weighted by Gasteiger charge is -2.31. The summed E-state index contributed by atoms with van der Waals surface area (Å²) in [5, 5.41) is 1.98. The molecule has 0 radical (unpaired) electrons. The average Bonchev–Trinajstić information content (AvgIpc) is 3.73. The van der Waals surface area contributed by atoms with Gasteiger partial charge in [-0.05, 0) is 72.9 Å². The monoisotopic (exact) mass is 578 g/mol. The van der Waals surface area contributed by atoms with Crippen LogP contribution in [-0.4, -0.2) is 46.0 Å². The number of benzene rings is 2. The molecule has 1 saturated heterocycles. The zero-order valence-electron chi connectivity index (χ0n) is 20.7. The van der Waals surface area contributed by atoms with Crippen LogP contribution >= 0.6 is 23.2 Å². The average molecular weight is 579 g/mol. The Morgan fingerprint density at radius 3 is 2.23 bits per heavy atom. The van der Waals surface area contributed by atoms with E-state index in [2.05, 4.69) is 0 Å². The van der Waals surface area contributed by atoms with Gasteiger partial charge in [0.25, 0.3) is 17.7 Å². The lowest BCUT2D eigenvalue weighted by atomic mass is 9.85. The molecule has 1 aromatic heterocycles. The van der Waals surface area contributed by atoms with Crippen molar-refractivity contribution in [2.75, 3.05) is 6.54 Å². The summed E-state index contributed by atoms with van der Waals surface area (Å²) in [4.78, 5) is 66.3. The molecule has 3 amide bonds. The van der Waals surface area contributed by atoms with Gasteiger partial charge in [0.15, 0.2) is 5.78 Å². The molecule has 0 unspecified atom stereocenters. The van der Waals surface area contributed by atoms with Crippen LogP contribution in [0.25, 0.3) is 0 Å². The molecule has 2 aliphatic carbocycles. The number of rotatable bonds is 7. The summed E-state index contributed by atoms with van der Waals surface area (Å²) in [6.45, 7) is -0.608.